The van der Waals surface area contributed by atoms with E-state index in [1.165, 1.54) is 39.4 Å². The van der Waals surface area contributed by atoms with Gasteiger partial charge in [-0.2, -0.15) is 0 Å². The predicted octanol–water partition coefficient (Wildman–Crippen LogP) is 4.97. The maximum absolute atomic E-state index is 3.67. The molecular weight excluding hydrogens is 318 g/mol. The van der Waals surface area contributed by atoms with E-state index < -0.39 is 0 Å². The Morgan fingerprint density at radius 3 is 2.79 bits per heavy atom. The molecule has 2 fully saturated rings. The third-order valence-electron chi connectivity index (χ3n) is 4.98. The minimum atomic E-state index is 0.538. The number of rotatable bonds is 3. The summed E-state index contributed by atoms with van der Waals surface area (Å²) >= 11 is 5.54. The van der Waals surface area contributed by atoms with Gasteiger partial charge in [0.15, 0.2) is 0 Å². The zero-order chi connectivity index (χ0) is 13.0. The van der Waals surface area contributed by atoms with E-state index in [0.717, 1.165) is 17.8 Å². The summed E-state index contributed by atoms with van der Waals surface area (Å²) in [6.45, 7) is 0. The Bertz CT molecular complexity index is 610. The molecule has 1 nitrogen and oxygen atoms in total. The van der Waals surface area contributed by atoms with Crippen LogP contribution in [0.3, 0.4) is 0 Å². The topological polar surface area (TPSA) is 12.0 Å². The van der Waals surface area contributed by atoms with Gasteiger partial charge in [0.2, 0.25) is 0 Å². The smallest absolute Gasteiger partial charge is 0.0488 e. The van der Waals surface area contributed by atoms with E-state index in [1.807, 2.05) is 11.3 Å². The number of halogens is 1. The Kier molecular flexibility index (Phi) is 2.98. The number of fused-ring (bicyclic) bond motifs is 2. The Morgan fingerprint density at radius 1 is 1.26 bits per heavy atom. The van der Waals surface area contributed by atoms with Crippen molar-refractivity contribution in [3.63, 3.8) is 0 Å². The third-order valence-corrected chi connectivity index (χ3v) is 6.95. The number of benzene rings is 1. The molecule has 0 spiro atoms. The minimum absolute atomic E-state index is 0.538. The van der Waals surface area contributed by atoms with Crippen LogP contribution >= 0.6 is 27.3 Å². The second kappa shape index (κ2) is 4.57. The molecule has 3 heteroatoms. The Morgan fingerprint density at radius 2 is 2.05 bits per heavy atom. The van der Waals surface area contributed by atoms with Crippen LogP contribution in [0.4, 0.5) is 0 Å². The normalized spacial score (nSPS) is 30.5. The predicted molar refractivity (Wildman–Crippen MR) is 85.6 cm³/mol. The van der Waals surface area contributed by atoms with Gasteiger partial charge in [-0.25, -0.2) is 0 Å². The lowest BCUT2D eigenvalue weighted by Crippen LogP contribution is -2.24. The van der Waals surface area contributed by atoms with Gasteiger partial charge in [0.1, 0.15) is 0 Å². The molecule has 0 amide bonds. The van der Waals surface area contributed by atoms with Crippen molar-refractivity contribution < 1.29 is 0 Å². The van der Waals surface area contributed by atoms with E-state index in [2.05, 4.69) is 51.9 Å². The number of hydrogen-bond donors (Lipinski definition) is 1. The molecule has 0 bridgehead atoms. The van der Waals surface area contributed by atoms with Crippen molar-refractivity contribution in [2.75, 3.05) is 7.05 Å². The van der Waals surface area contributed by atoms with Crippen LogP contribution in [0.15, 0.2) is 28.1 Å². The van der Waals surface area contributed by atoms with Crippen molar-refractivity contribution in [2.24, 2.45) is 17.8 Å². The maximum atomic E-state index is 3.67. The van der Waals surface area contributed by atoms with E-state index >= 15 is 0 Å². The zero-order valence-corrected chi connectivity index (χ0v) is 13.4. The monoisotopic (exact) mass is 335 g/mol. The molecule has 1 aromatic heterocycles. The fourth-order valence-electron chi connectivity index (χ4n) is 3.96. The average Bonchev–Trinajstić information content (AvgIpc) is 2.85. The van der Waals surface area contributed by atoms with Crippen molar-refractivity contribution in [3.8, 4) is 0 Å². The lowest BCUT2D eigenvalue weighted by atomic mass is 9.89. The first kappa shape index (κ1) is 12.4. The first-order chi connectivity index (χ1) is 9.28. The number of hydrogen-bond acceptors (Lipinski definition) is 2. The van der Waals surface area contributed by atoms with Gasteiger partial charge in [-0.05, 0) is 82.4 Å². The molecular formula is C16H18BrNS. The van der Waals surface area contributed by atoms with Crippen LogP contribution in [0.25, 0.3) is 10.1 Å². The quantitative estimate of drug-likeness (QED) is 0.834. The summed E-state index contributed by atoms with van der Waals surface area (Å²) in [5.41, 5.74) is 1.51. The molecule has 2 saturated carbocycles. The molecule has 2 aliphatic rings. The fraction of sp³-hybridized carbons (Fsp3) is 0.500. The van der Waals surface area contributed by atoms with Gasteiger partial charge in [-0.3, -0.25) is 0 Å². The zero-order valence-electron chi connectivity index (χ0n) is 11.0. The van der Waals surface area contributed by atoms with Crippen LogP contribution in [0.5, 0.6) is 0 Å². The molecule has 1 heterocycles. The van der Waals surface area contributed by atoms with E-state index in [4.69, 9.17) is 0 Å². The molecule has 0 radical (unpaired) electrons. The van der Waals surface area contributed by atoms with Gasteiger partial charge in [0.25, 0.3) is 0 Å². The maximum Gasteiger partial charge on any atom is 0.0488 e. The fourth-order valence-corrected chi connectivity index (χ4v) is 5.62. The highest BCUT2D eigenvalue weighted by molar-refractivity contribution is 9.10. The van der Waals surface area contributed by atoms with Gasteiger partial charge in [-0.1, -0.05) is 12.1 Å². The highest BCUT2D eigenvalue weighted by Crippen LogP contribution is 2.57. The Labute approximate surface area is 126 Å². The molecule has 19 heavy (non-hydrogen) atoms. The molecule has 3 unspecified atom stereocenters. The molecule has 4 rings (SSSR count). The summed E-state index contributed by atoms with van der Waals surface area (Å²) in [6, 6.07) is 7.10. The minimum Gasteiger partial charge on any atom is -0.313 e. The molecule has 100 valence electrons. The SMILES string of the molecule is CNC(c1csc2c(Br)cccc12)C1CC2CC2C1. The van der Waals surface area contributed by atoms with E-state index in [9.17, 15) is 0 Å². The van der Waals surface area contributed by atoms with Gasteiger partial charge in [0, 0.05) is 15.2 Å². The number of thiophene rings is 1. The second-order valence-electron chi connectivity index (χ2n) is 6.06. The highest BCUT2D eigenvalue weighted by Gasteiger charge is 2.48. The van der Waals surface area contributed by atoms with Crippen molar-refractivity contribution in [1.29, 1.82) is 0 Å². The largest absolute Gasteiger partial charge is 0.313 e. The first-order valence-electron chi connectivity index (χ1n) is 7.11. The number of nitrogens with one attached hydrogen (secondary N) is 1. The van der Waals surface area contributed by atoms with Crippen LogP contribution in [0, 0.1) is 17.8 Å². The van der Waals surface area contributed by atoms with Crippen LogP contribution < -0.4 is 5.32 Å². The molecule has 0 aliphatic heterocycles. The van der Waals surface area contributed by atoms with Crippen molar-refractivity contribution >= 4 is 37.4 Å². The molecule has 0 saturated heterocycles. The van der Waals surface area contributed by atoms with Crippen molar-refractivity contribution in [2.45, 2.75) is 25.3 Å². The molecule has 3 atom stereocenters. The summed E-state index contributed by atoms with van der Waals surface area (Å²) in [6.07, 6.45) is 4.37. The molecule has 2 aromatic rings. The van der Waals surface area contributed by atoms with Crippen LogP contribution in [-0.2, 0) is 0 Å². The first-order valence-corrected chi connectivity index (χ1v) is 8.78. The van der Waals surface area contributed by atoms with Gasteiger partial charge in [0.05, 0.1) is 0 Å². The summed E-state index contributed by atoms with van der Waals surface area (Å²) in [7, 11) is 2.12. The van der Waals surface area contributed by atoms with Gasteiger partial charge < -0.3 is 5.32 Å². The summed E-state index contributed by atoms with van der Waals surface area (Å²) in [5, 5.41) is 7.38. The average molecular weight is 336 g/mol. The van der Waals surface area contributed by atoms with E-state index in [1.54, 1.807) is 0 Å². The molecule has 2 aliphatic carbocycles. The lowest BCUT2D eigenvalue weighted by molar-refractivity contribution is 0.362. The summed E-state index contributed by atoms with van der Waals surface area (Å²) < 4.78 is 2.62. The Balaban J connectivity index is 1.73. The van der Waals surface area contributed by atoms with Crippen LogP contribution in [-0.4, -0.2) is 7.05 Å². The Hall–Kier alpha value is -0.380. The van der Waals surface area contributed by atoms with E-state index in [-0.39, 0.29) is 0 Å². The highest BCUT2D eigenvalue weighted by atomic mass is 79.9. The van der Waals surface area contributed by atoms with Gasteiger partial charge >= 0.3 is 0 Å². The summed E-state index contributed by atoms with van der Waals surface area (Å²) in [4.78, 5) is 0. The van der Waals surface area contributed by atoms with Crippen LogP contribution in [0.2, 0.25) is 0 Å². The van der Waals surface area contributed by atoms with E-state index in [0.29, 0.717) is 6.04 Å². The molecule has 1 aromatic carbocycles. The van der Waals surface area contributed by atoms with Crippen LogP contribution in [0.1, 0.15) is 30.9 Å². The van der Waals surface area contributed by atoms with Crippen molar-refractivity contribution in [1.82, 2.24) is 5.32 Å². The van der Waals surface area contributed by atoms with Crippen molar-refractivity contribution in [3.05, 3.63) is 33.6 Å². The van der Waals surface area contributed by atoms with Gasteiger partial charge in [-0.15, -0.1) is 11.3 Å². The third kappa shape index (κ3) is 1.98. The standard InChI is InChI=1S/C16H18BrNS/c1-18-15(11-6-9-5-10(9)7-11)13-8-19-16-12(13)3-2-4-14(16)17/h2-4,8-11,15,18H,5-7H2,1H3. The second-order valence-corrected chi connectivity index (χ2v) is 7.80. The lowest BCUT2D eigenvalue weighted by Gasteiger charge is -2.24. The summed E-state index contributed by atoms with van der Waals surface area (Å²) in [5.74, 6) is 2.94. The molecule has 1 N–H and O–H groups in total.